The van der Waals surface area contributed by atoms with Crippen molar-refractivity contribution in [1.82, 2.24) is 4.31 Å². The third kappa shape index (κ3) is 3.05. The zero-order valence-corrected chi connectivity index (χ0v) is 13.1. The molecule has 5 heteroatoms. The van der Waals surface area contributed by atoms with Gasteiger partial charge in [-0.25, -0.2) is 8.42 Å². The molecule has 1 unspecified atom stereocenters. The fraction of sp³-hybridized carbons (Fsp3) is 0.600. The fourth-order valence-electron chi connectivity index (χ4n) is 2.76. The predicted molar refractivity (Wildman–Crippen MR) is 80.8 cm³/mol. The van der Waals surface area contributed by atoms with E-state index in [1.807, 2.05) is 13.0 Å². The molecule has 0 radical (unpaired) electrons. The van der Waals surface area contributed by atoms with E-state index in [0.717, 1.165) is 30.4 Å². The maximum Gasteiger partial charge on any atom is 0.243 e. The van der Waals surface area contributed by atoms with Crippen molar-refractivity contribution >= 4 is 10.0 Å². The van der Waals surface area contributed by atoms with Gasteiger partial charge in [0, 0.05) is 19.6 Å². The molecule has 0 saturated carbocycles. The molecule has 4 nitrogen and oxygen atoms in total. The average molecular weight is 296 g/mol. The summed E-state index contributed by atoms with van der Waals surface area (Å²) in [6.07, 6.45) is 3.12. The monoisotopic (exact) mass is 296 g/mol. The van der Waals surface area contributed by atoms with Crippen LogP contribution in [0.5, 0.6) is 0 Å². The smallest absolute Gasteiger partial charge is 0.243 e. The highest BCUT2D eigenvalue weighted by Gasteiger charge is 2.29. The summed E-state index contributed by atoms with van der Waals surface area (Å²) in [5.74, 6) is 0.484. The molecule has 0 spiro atoms. The average Bonchev–Trinajstić information content (AvgIpc) is 2.47. The Morgan fingerprint density at radius 3 is 2.80 bits per heavy atom. The highest BCUT2D eigenvalue weighted by Crippen LogP contribution is 2.26. The Kier molecular flexibility index (Phi) is 4.83. The van der Waals surface area contributed by atoms with Crippen molar-refractivity contribution in [2.75, 3.05) is 13.1 Å². The Morgan fingerprint density at radius 1 is 1.40 bits per heavy atom. The number of nitrogens with zero attached hydrogens (tertiary/aromatic N) is 1. The van der Waals surface area contributed by atoms with Crippen molar-refractivity contribution in [3.63, 3.8) is 0 Å². The highest BCUT2D eigenvalue weighted by atomic mass is 32.2. The molecule has 1 heterocycles. The molecule has 1 fully saturated rings. The summed E-state index contributed by atoms with van der Waals surface area (Å²) in [5, 5.41) is 0. The maximum absolute atomic E-state index is 12.7. The molecular formula is C15H24N2O2S. The minimum Gasteiger partial charge on any atom is -0.326 e. The Balaban J connectivity index is 2.30. The van der Waals surface area contributed by atoms with Gasteiger partial charge < -0.3 is 5.73 Å². The number of rotatable bonds is 4. The van der Waals surface area contributed by atoms with E-state index in [2.05, 4.69) is 6.92 Å². The molecule has 0 bridgehead atoms. The first-order chi connectivity index (χ1) is 9.48. The number of sulfonamides is 1. The number of hydrogen-bond donors (Lipinski definition) is 1. The molecule has 1 saturated heterocycles. The van der Waals surface area contributed by atoms with Crippen LogP contribution in [-0.2, 0) is 16.6 Å². The molecule has 0 amide bonds. The van der Waals surface area contributed by atoms with E-state index >= 15 is 0 Å². The van der Waals surface area contributed by atoms with Crippen LogP contribution in [-0.4, -0.2) is 25.8 Å². The molecule has 1 aromatic rings. The predicted octanol–water partition coefficient (Wildman–Crippen LogP) is 2.26. The number of aryl methyl sites for hydroxylation is 1. The van der Waals surface area contributed by atoms with Crippen LogP contribution in [0.2, 0.25) is 0 Å². The standard InChI is InChI=1S/C15H24N2O2S/c1-3-13-5-4-8-17(11-13)20(18,19)15-7-6-12(2)14(9-15)10-16/h6-7,9,13H,3-5,8,10-11,16H2,1-2H3. The lowest BCUT2D eigenvalue weighted by molar-refractivity contribution is 0.261. The van der Waals surface area contributed by atoms with E-state index in [9.17, 15) is 8.42 Å². The summed E-state index contributed by atoms with van der Waals surface area (Å²) >= 11 is 0. The van der Waals surface area contributed by atoms with Crippen LogP contribution in [0.3, 0.4) is 0 Å². The number of hydrogen-bond acceptors (Lipinski definition) is 3. The molecule has 20 heavy (non-hydrogen) atoms. The molecular weight excluding hydrogens is 272 g/mol. The minimum atomic E-state index is -3.38. The van der Waals surface area contributed by atoms with E-state index in [1.54, 1.807) is 16.4 Å². The van der Waals surface area contributed by atoms with Gasteiger partial charge in [-0.15, -0.1) is 0 Å². The van der Waals surface area contributed by atoms with Crippen LogP contribution in [0.1, 0.15) is 37.3 Å². The van der Waals surface area contributed by atoms with Crippen LogP contribution in [0.4, 0.5) is 0 Å². The zero-order valence-electron chi connectivity index (χ0n) is 12.3. The summed E-state index contributed by atoms with van der Waals surface area (Å²) in [7, 11) is -3.38. The molecule has 1 atom stereocenters. The Hall–Kier alpha value is -0.910. The topological polar surface area (TPSA) is 63.4 Å². The van der Waals surface area contributed by atoms with Crippen molar-refractivity contribution in [2.24, 2.45) is 11.7 Å². The lowest BCUT2D eigenvalue weighted by atomic mass is 9.97. The van der Waals surface area contributed by atoms with Crippen molar-refractivity contribution in [2.45, 2.75) is 44.6 Å². The molecule has 2 N–H and O–H groups in total. The molecule has 112 valence electrons. The summed E-state index contributed by atoms with van der Waals surface area (Å²) in [4.78, 5) is 0.375. The van der Waals surface area contributed by atoms with Gasteiger partial charge in [0.05, 0.1) is 4.90 Å². The second-order valence-electron chi connectivity index (χ2n) is 5.57. The molecule has 0 aliphatic carbocycles. The van der Waals surface area contributed by atoms with Crippen LogP contribution in [0, 0.1) is 12.8 Å². The quantitative estimate of drug-likeness (QED) is 0.927. The summed E-state index contributed by atoms with van der Waals surface area (Å²) < 4.78 is 27.1. The first-order valence-corrected chi connectivity index (χ1v) is 8.72. The van der Waals surface area contributed by atoms with Crippen LogP contribution >= 0.6 is 0 Å². The number of benzene rings is 1. The van der Waals surface area contributed by atoms with Crippen molar-refractivity contribution in [1.29, 1.82) is 0 Å². The van der Waals surface area contributed by atoms with E-state index < -0.39 is 10.0 Å². The lowest BCUT2D eigenvalue weighted by Crippen LogP contribution is -2.39. The first-order valence-electron chi connectivity index (χ1n) is 7.28. The van der Waals surface area contributed by atoms with Crippen molar-refractivity contribution in [3.8, 4) is 0 Å². The van der Waals surface area contributed by atoms with Crippen molar-refractivity contribution < 1.29 is 8.42 Å². The SMILES string of the molecule is CCC1CCCN(S(=O)(=O)c2ccc(C)c(CN)c2)C1. The Bertz CT molecular complexity index is 569. The van der Waals surface area contributed by atoms with Gasteiger partial charge in [0.1, 0.15) is 0 Å². The van der Waals surface area contributed by atoms with Gasteiger partial charge in [-0.2, -0.15) is 4.31 Å². The van der Waals surface area contributed by atoms with Gasteiger partial charge in [0.2, 0.25) is 10.0 Å². The van der Waals surface area contributed by atoms with Crippen LogP contribution in [0.15, 0.2) is 23.1 Å². The number of piperidine rings is 1. The second kappa shape index (κ2) is 6.24. The zero-order chi connectivity index (χ0) is 14.8. The molecule has 1 aliphatic heterocycles. The van der Waals surface area contributed by atoms with Gasteiger partial charge in [-0.1, -0.05) is 19.4 Å². The highest BCUT2D eigenvalue weighted by molar-refractivity contribution is 7.89. The third-order valence-corrected chi connectivity index (χ3v) is 6.10. The largest absolute Gasteiger partial charge is 0.326 e. The molecule has 2 rings (SSSR count). The van der Waals surface area contributed by atoms with Crippen molar-refractivity contribution in [3.05, 3.63) is 29.3 Å². The number of nitrogens with two attached hydrogens (primary N) is 1. The maximum atomic E-state index is 12.7. The van der Waals surface area contributed by atoms with Crippen LogP contribution in [0.25, 0.3) is 0 Å². The Morgan fingerprint density at radius 2 is 2.15 bits per heavy atom. The normalized spacial score (nSPS) is 21.1. The van der Waals surface area contributed by atoms with Gasteiger partial charge in [0.25, 0.3) is 0 Å². The lowest BCUT2D eigenvalue weighted by Gasteiger charge is -2.31. The third-order valence-electron chi connectivity index (χ3n) is 4.24. The first kappa shape index (κ1) is 15.5. The van der Waals surface area contributed by atoms with Gasteiger partial charge in [-0.05, 0) is 48.9 Å². The Labute approximate surface area is 122 Å². The summed E-state index contributed by atoms with van der Waals surface area (Å²) in [6.45, 7) is 5.72. The van der Waals surface area contributed by atoms with E-state index in [1.165, 1.54) is 0 Å². The van der Waals surface area contributed by atoms with Crippen LogP contribution < -0.4 is 5.73 Å². The fourth-order valence-corrected chi connectivity index (χ4v) is 4.36. The van der Waals surface area contributed by atoms with E-state index in [4.69, 9.17) is 5.73 Å². The molecule has 1 aromatic carbocycles. The molecule has 0 aromatic heterocycles. The summed E-state index contributed by atoms with van der Waals surface area (Å²) in [6, 6.07) is 5.26. The van der Waals surface area contributed by atoms with Gasteiger partial charge >= 0.3 is 0 Å². The van der Waals surface area contributed by atoms with Gasteiger partial charge in [0.15, 0.2) is 0 Å². The second-order valence-corrected chi connectivity index (χ2v) is 7.51. The van der Waals surface area contributed by atoms with Gasteiger partial charge in [-0.3, -0.25) is 0 Å². The van der Waals surface area contributed by atoms with E-state index in [0.29, 0.717) is 30.4 Å². The minimum absolute atomic E-state index is 0.368. The summed E-state index contributed by atoms with van der Waals surface area (Å²) in [5.41, 5.74) is 7.61. The van der Waals surface area contributed by atoms with E-state index in [-0.39, 0.29) is 0 Å². The molecule has 1 aliphatic rings.